The highest BCUT2D eigenvalue weighted by Gasteiger charge is 2.44. The van der Waals surface area contributed by atoms with Crippen LogP contribution in [-0.2, 0) is 9.53 Å². The zero-order valence-corrected chi connectivity index (χ0v) is 21.3. The number of Topliss-reactive ketones (excluding diaryl/α,β-unsaturated/α-hetero) is 1. The van der Waals surface area contributed by atoms with Crippen LogP contribution in [0.1, 0.15) is 42.4 Å². The molecule has 1 aromatic heterocycles. The van der Waals surface area contributed by atoms with Gasteiger partial charge in [0.2, 0.25) is 5.78 Å². The van der Waals surface area contributed by atoms with Crippen molar-refractivity contribution in [3.05, 3.63) is 70.1 Å². The number of hydrogen-bond donors (Lipinski definition) is 1. The molecule has 0 spiro atoms. The van der Waals surface area contributed by atoms with Crippen molar-refractivity contribution < 1.29 is 33.3 Å². The number of fused-ring (bicyclic) bond motifs is 1. The molecule has 1 atom stereocenters. The molecule has 8 nitrogen and oxygen atoms in total. The van der Waals surface area contributed by atoms with Crippen LogP contribution in [-0.4, -0.2) is 55.2 Å². The average molecular weight is 514 g/mol. The topological polar surface area (TPSA) is 98.4 Å². The first-order chi connectivity index (χ1) is 17.2. The number of aliphatic hydroxyl groups is 1. The fraction of sp³-hybridized carbons (Fsp3) is 0.333. The zero-order valence-electron chi connectivity index (χ0n) is 20.5. The summed E-state index contributed by atoms with van der Waals surface area (Å²) in [5.41, 5.74) is 0.904. The Morgan fingerprint density at radius 2 is 1.97 bits per heavy atom. The molecule has 1 unspecified atom stereocenters. The summed E-state index contributed by atoms with van der Waals surface area (Å²) in [4.78, 5) is 28.4. The van der Waals surface area contributed by atoms with Crippen molar-refractivity contribution in [1.29, 1.82) is 0 Å². The van der Waals surface area contributed by atoms with Gasteiger partial charge < -0.3 is 28.6 Å². The van der Waals surface area contributed by atoms with E-state index in [4.69, 9.17) is 30.2 Å². The number of hydrogen-bond acceptors (Lipinski definition) is 7. The summed E-state index contributed by atoms with van der Waals surface area (Å²) in [6.07, 6.45) is 0.460. The molecule has 0 radical (unpaired) electrons. The first kappa shape index (κ1) is 25.6. The number of ketones is 1. The van der Waals surface area contributed by atoms with Gasteiger partial charge in [-0.1, -0.05) is 23.7 Å². The molecular weight excluding hydrogens is 486 g/mol. The standard InChI is InChI=1S/C27H28ClNO7/c1-15(2)35-19-8-5-7-16(12-19)23-22(25(31)27(32)29(23)9-6-10-33-3)24(30)20-13-17-11-18(28)14-21(34-4)26(17)36-20/h5,7-8,11-15,23,31H,6,9-10H2,1-4H3. The van der Waals surface area contributed by atoms with Crippen molar-refractivity contribution in [2.75, 3.05) is 27.4 Å². The molecule has 36 heavy (non-hydrogen) atoms. The highest BCUT2D eigenvalue weighted by Crippen LogP contribution is 2.41. The summed E-state index contributed by atoms with van der Waals surface area (Å²) < 4.78 is 22.1. The lowest BCUT2D eigenvalue weighted by Gasteiger charge is -2.27. The molecular formula is C27H28ClNO7. The number of halogens is 1. The van der Waals surface area contributed by atoms with Gasteiger partial charge in [0.25, 0.3) is 5.91 Å². The van der Waals surface area contributed by atoms with E-state index in [9.17, 15) is 14.7 Å². The molecule has 0 saturated carbocycles. The van der Waals surface area contributed by atoms with Crippen LogP contribution in [0.15, 0.2) is 58.2 Å². The number of aliphatic hydroxyl groups excluding tert-OH is 1. The lowest BCUT2D eigenvalue weighted by atomic mass is 9.94. The van der Waals surface area contributed by atoms with Gasteiger partial charge in [-0.25, -0.2) is 0 Å². The SMILES string of the molecule is COCCCN1C(=O)C(O)=C(C(=O)c2cc3cc(Cl)cc(OC)c3o2)C1c1cccc(OC(C)C)c1. The molecule has 9 heteroatoms. The average Bonchev–Trinajstić information content (AvgIpc) is 3.37. The number of ether oxygens (including phenoxy) is 3. The lowest BCUT2D eigenvalue weighted by molar-refractivity contribution is -0.129. The Bertz CT molecular complexity index is 1330. The van der Waals surface area contributed by atoms with E-state index in [0.29, 0.717) is 46.1 Å². The second kappa shape index (κ2) is 10.6. The minimum atomic E-state index is -0.837. The number of benzene rings is 2. The fourth-order valence-electron chi connectivity index (χ4n) is 4.35. The Morgan fingerprint density at radius 3 is 2.67 bits per heavy atom. The molecule has 0 bridgehead atoms. The van der Waals surface area contributed by atoms with Gasteiger partial charge >= 0.3 is 0 Å². The molecule has 1 amide bonds. The molecule has 4 rings (SSSR count). The first-order valence-electron chi connectivity index (χ1n) is 11.6. The molecule has 0 aliphatic carbocycles. The number of carbonyl (C=O) groups excluding carboxylic acids is 2. The first-order valence-corrected chi connectivity index (χ1v) is 11.9. The van der Waals surface area contributed by atoms with E-state index in [1.54, 1.807) is 43.5 Å². The maximum Gasteiger partial charge on any atom is 0.290 e. The third-order valence-corrected chi connectivity index (χ3v) is 6.05. The van der Waals surface area contributed by atoms with Gasteiger partial charge in [0, 0.05) is 36.7 Å². The molecule has 3 aromatic rings. The van der Waals surface area contributed by atoms with Crippen LogP contribution >= 0.6 is 11.6 Å². The van der Waals surface area contributed by atoms with Crippen molar-refractivity contribution in [2.24, 2.45) is 0 Å². The smallest absolute Gasteiger partial charge is 0.290 e. The minimum Gasteiger partial charge on any atom is -0.503 e. The molecule has 0 fully saturated rings. The predicted octanol–water partition coefficient (Wildman–Crippen LogP) is 5.50. The third-order valence-electron chi connectivity index (χ3n) is 5.83. The number of amides is 1. The third kappa shape index (κ3) is 4.92. The maximum absolute atomic E-state index is 13.8. The van der Waals surface area contributed by atoms with E-state index in [1.807, 2.05) is 13.8 Å². The van der Waals surface area contributed by atoms with Crippen LogP contribution in [0.2, 0.25) is 5.02 Å². The Kier molecular flexibility index (Phi) is 7.56. The normalized spacial score (nSPS) is 15.9. The second-order valence-electron chi connectivity index (χ2n) is 8.71. The van der Waals surface area contributed by atoms with E-state index < -0.39 is 23.5 Å². The Labute approximate surface area is 214 Å². The van der Waals surface area contributed by atoms with Gasteiger partial charge in [-0.05, 0) is 50.1 Å². The van der Waals surface area contributed by atoms with Gasteiger partial charge in [-0.15, -0.1) is 0 Å². The Balaban J connectivity index is 1.79. The van der Waals surface area contributed by atoms with Crippen molar-refractivity contribution in [1.82, 2.24) is 4.90 Å². The number of furan rings is 1. The predicted molar refractivity (Wildman–Crippen MR) is 135 cm³/mol. The van der Waals surface area contributed by atoms with E-state index in [2.05, 4.69) is 0 Å². The highest BCUT2D eigenvalue weighted by molar-refractivity contribution is 6.31. The number of nitrogens with zero attached hydrogens (tertiary/aromatic N) is 1. The maximum atomic E-state index is 13.8. The van der Waals surface area contributed by atoms with Gasteiger partial charge in [0.05, 0.1) is 24.8 Å². The van der Waals surface area contributed by atoms with Gasteiger partial charge in [0.1, 0.15) is 5.75 Å². The molecule has 190 valence electrons. The van der Waals surface area contributed by atoms with E-state index in [-0.39, 0.29) is 24.0 Å². The van der Waals surface area contributed by atoms with Crippen LogP contribution < -0.4 is 9.47 Å². The van der Waals surface area contributed by atoms with Crippen LogP contribution in [0, 0.1) is 0 Å². The van der Waals surface area contributed by atoms with Crippen molar-refractivity contribution in [2.45, 2.75) is 32.4 Å². The number of rotatable bonds is 10. The van der Waals surface area contributed by atoms with Crippen LogP contribution in [0.3, 0.4) is 0 Å². The minimum absolute atomic E-state index is 0.0433. The summed E-state index contributed by atoms with van der Waals surface area (Å²) in [5.74, 6) is -0.932. The molecule has 1 aliphatic rings. The molecule has 0 saturated heterocycles. The van der Waals surface area contributed by atoms with E-state index >= 15 is 0 Å². The zero-order chi connectivity index (χ0) is 26.0. The molecule has 1 N–H and O–H groups in total. The summed E-state index contributed by atoms with van der Waals surface area (Å²) in [7, 11) is 3.04. The molecule has 2 heterocycles. The molecule has 1 aliphatic heterocycles. The Morgan fingerprint density at radius 1 is 1.19 bits per heavy atom. The highest BCUT2D eigenvalue weighted by atomic mass is 35.5. The summed E-state index contributed by atoms with van der Waals surface area (Å²) in [6, 6.07) is 11.1. The number of carbonyl (C=O) groups is 2. The van der Waals surface area contributed by atoms with Gasteiger partial charge in [-0.2, -0.15) is 0 Å². The van der Waals surface area contributed by atoms with Crippen molar-refractivity contribution >= 4 is 34.3 Å². The second-order valence-corrected chi connectivity index (χ2v) is 9.15. The van der Waals surface area contributed by atoms with Crippen molar-refractivity contribution in [3.8, 4) is 11.5 Å². The summed E-state index contributed by atoms with van der Waals surface area (Å²) in [6.45, 7) is 4.51. The van der Waals surface area contributed by atoms with Gasteiger partial charge in [-0.3, -0.25) is 9.59 Å². The van der Waals surface area contributed by atoms with E-state index in [0.717, 1.165) is 0 Å². The quantitative estimate of drug-likeness (QED) is 0.282. The monoisotopic (exact) mass is 513 g/mol. The number of methoxy groups -OCH3 is 2. The van der Waals surface area contributed by atoms with Crippen LogP contribution in [0.4, 0.5) is 0 Å². The van der Waals surface area contributed by atoms with Gasteiger partial charge in [0.15, 0.2) is 22.9 Å². The summed E-state index contributed by atoms with van der Waals surface area (Å²) >= 11 is 6.16. The van der Waals surface area contributed by atoms with Crippen LogP contribution in [0.25, 0.3) is 11.0 Å². The van der Waals surface area contributed by atoms with Crippen LogP contribution in [0.5, 0.6) is 11.5 Å². The summed E-state index contributed by atoms with van der Waals surface area (Å²) in [5, 5.41) is 11.9. The lowest BCUT2D eigenvalue weighted by Crippen LogP contribution is -2.32. The fourth-order valence-corrected chi connectivity index (χ4v) is 4.57. The van der Waals surface area contributed by atoms with E-state index in [1.165, 1.54) is 18.1 Å². The molecule has 2 aromatic carbocycles. The van der Waals surface area contributed by atoms with Crippen molar-refractivity contribution in [3.63, 3.8) is 0 Å². The largest absolute Gasteiger partial charge is 0.503 e. The Hall–Kier alpha value is -3.49.